The number of phenolic OH excluding ortho intramolecular Hbond substituents is 2. The number of amides is 1. The minimum atomic E-state index is -0.222. The zero-order valence-electron chi connectivity index (χ0n) is 19.1. The minimum absolute atomic E-state index is 0.0555. The number of carbonyl (C=O) groups excluding carboxylic acids is 1. The number of allylic oxidation sites excluding steroid dienone is 1. The number of rotatable bonds is 9. The van der Waals surface area contributed by atoms with Gasteiger partial charge in [0.1, 0.15) is 6.54 Å². The van der Waals surface area contributed by atoms with E-state index >= 15 is 0 Å². The molecule has 0 aromatic heterocycles. The molecule has 176 valence electrons. The van der Waals surface area contributed by atoms with Gasteiger partial charge in [-0.2, -0.15) is 5.10 Å². The Morgan fingerprint density at radius 2 is 1.74 bits per heavy atom. The van der Waals surface area contributed by atoms with Crippen LogP contribution in [-0.4, -0.2) is 60.2 Å². The van der Waals surface area contributed by atoms with Gasteiger partial charge in [-0.25, -0.2) is 0 Å². The molecular formula is C26H27N3O5. The number of nitrogens with one attached hydrogen (secondary N) is 1. The Morgan fingerprint density at radius 3 is 2.32 bits per heavy atom. The van der Waals surface area contributed by atoms with E-state index in [0.717, 1.165) is 16.8 Å². The van der Waals surface area contributed by atoms with Crippen LogP contribution in [0.3, 0.4) is 0 Å². The fraction of sp³-hybridized carbons (Fsp3) is 0.231. The van der Waals surface area contributed by atoms with Crippen LogP contribution in [0, 0.1) is 12.3 Å². The third-order valence-electron chi connectivity index (χ3n) is 5.14. The molecule has 1 atom stereocenters. The predicted molar refractivity (Wildman–Crippen MR) is 132 cm³/mol. The van der Waals surface area contributed by atoms with Crippen LogP contribution in [0.25, 0.3) is 12.2 Å². The topological polar surface area (TPSA) is 104 Å². The van der Waals surface area contributed by atoms with E-state index < -0.39 is 0 Å². The van der Waals surface area contributed by atoms with Crippen molar-refractivity contribution in [1.29, 1.82) is 0 Å². The second-order valence-corrected chi connectivity index (χ2v) is 7.50. The molecule has 0 radical (unpaired) electrons. The number of ether oxygens (including phenoxy) is 2. The largest absolute Gasteiger partial charge is 0.504 e. The van der Waals surface area contributed by atoms with E-state index in [2.05, 4.69) is 16.3 Å². The van der Waals surface area contributed by atoms with Crippen molar-refractivity contribution in [3.8, 4) is 35.3 Å². The number of benzene rings is 2. The zero-order chi connectivity index (χ0) is 24.5. The van der Waals surface area contributed by atoms with Crippen molar-refractivity contribution in [2.24, 2.45) is 5.10 Å². The van der Waals surface area contributed by atoms with Gasteiger partial charge >= 0.3 is 0 Å². The highest BCUT2D eigenvalue weighted by Crippen LogP contribution is 2.28. The first-order valence-corrected chi connectivity index (χ1v) is 10.6. The highest BCUT2D eigenvalue weighted by Gasteiger charge is 2.25. The first-order valence-electron chi connectivity index (χ1n) is 10.6. The van der Waals surface area contributed by atoms with Crippen LogP contribution < -0.4 is 14.8 Å². The van der Waals surface area contributed by atoms with Crippen LogP contribution in [0.1, 0.15) is 17.5 Å². The molecule has 8 nitrogen and oxygen atoms in total. The summed E-state index contributed by atoms with van der Waals surface area (Å²) in [6.07, 6.45) is 13.4. The molecule has 0 bridgehead atoms. The molecule has 0 aliphatic carbocycles. The van der Waals surface area contributed by atoms with Crippen molar-refractivity contribution in [3.63, 3.8) is 0 Å². The maximum Gasteiger partial charge on any atom is 0.242 e. The number of hydrogen-bond acceptors (Lipinski definition) is 7. The number of phenols is 2. The van der Waals surface area contributed by atoms with Gasteiger partial charge in [0.15, 0.2) is 23.0 Å². The van der Waals surface area contributed by atoms with Crippen LogP contribution in [0.15, 0.2) is 53.7 Å². The lowest BCUT2D eigenvalue weighted by Crippen LogP contribution is -2.37. The fourth-order valence-corrected chi connectivity index (χ4v) is 3.38. The lowest BCUT2D eigenvalue weighted by Gasteiger charge is -2.20. The average Bonchev–Trinajstić information content (AvgIpc) is 3.22. The van der Waals surface area contributed by atoms with Gasteiger partial charge in [0.25, 0.3) is 0 Å². The summed E-state index contributed by atoms with van der Waals surface area (Å²) < 4.78 is 10.3. The van der Waals surface area contributed by atoms with Crippen molar-refractivity contribution >= 4 is 23.8 Å². The summed E-state index contributed by atoms with van der Waals surface area (Å²) in [7, 11) is 2.99. The van der Waals surface area contributed by atoms with Crippen LogP contribution in [0.4, 0.5) is 0 Å². The molecule has 34 heavy (non-hydrogen) atoms. The molecule has 0 spiro atoms. The second-order valence-electron chi connectivity index (χ2n) is 7.50. The Kier molecular flexibility index (Phi) is 8.19. The number of hydrazone groups is 1. The first-order chi connectivity index (χ1) is 16.4. The molecule has 2 aromatic rings. The molecule has 2 aromatic carbocycles. The lowest BCUT2D eigenvalue weighted by molar-refractivity contribution is -0.122. The second kappa shape index (κ2) is 11.5. The van der Waals surface area contributed by atoms with Crippen molar-refractivity contribution in [2.45, 2.75) is 12.5 Å². The zero-order valence-corrected chi connectivity index (χ0v) is 19.1. The highest BCUT2D eigenvalue weighted by molar-refractivity contribution is 6.00. The highest BCUT2D eigenvalue weighted by atomic mass is 16.5. The van der Waals surface area contributed by atoms with Gasteiger partial charge in [-0.15, -0.1) is 6.42 Å². The number of carbonyl (C=O) groups is 1. The molecule has 0 saturated heterocycles. The third kappa shape index (κ3) is 6.33. The Hall–Kier alpha value is -4.38. The van der Waals surface area contributed by atoms with E-state index in [1.165, 1.54) is 14.2 Å². The van der Waals surface area contributed by atoms with E-state index in [9.17, 15) is 15.0 Å². The Morgan fingerprint density at radius 1 is 1.12 bits per heavy atom. The molecule has 3 rings (SSSR count). The van der Waals surface area contributed by atoms with Crippen LogP contribution in [0.5, 0.6) is 23.0 Å². The smallest absolute Gasteiger partial charge is 0.242 e. The summed E-state index contributed by atoms with van der Waals surface area (Å²) in [6, 6.07) is 9.96. The maximum absolute atomic E-state index is 12.2. The summed E-state index contributed by atoms with van der Waals surface area (Å²) >= 11 is 0. The Labute approximate surface area is 198 Å². The summed E-state index contributed by atoms with van der Waals surface area (Å²) in [6.45, 7) is 0.208. The molecule has 1 amide bonds. The molecular weight excluding hydrogens is 434 g/mol. The molecule has 8 heteroatoms. The number of nitrogens with zero attached hydrogens (tertiary/aromatic N) is 2. The normalized spacial score (nSPS) is 15.4. The van der Waals surface area contributed by atoms with E-state index in [4.69, 9.17) is 15.9 Å². The minimum Gasteiger partial charge on any atom is -0.504 e. The predicted octanol–water partition coefficient (Wildman–Crippen LogP) is 3.02. The maximum atomic E-state index is 12.2. The van der Waals surface area contributed by atoms with Crippen molar-refractivity contribution < 1.29 is 24.5 Å². The van der Waals surface area contributed by atoms with Crippen LogP contribution in [-0.2, 0) is 4.79 Å². The number of methoxy groups -OCH3 is 2. The molecule has 0 saturated carbocycles. The van der Waals surface area contributed by atoms with Gasteiger partial charge < -0.3 is 25.0 Å². The van der Waals surface area contributed by atoms with Gasteiger partial charge in [0, 0.05) is 6.42 Å². The van der Waals surface area contributed by atoms with Gasteiger partial charge in [0.05, 0.1) is 32.5 Å². The van der Waals surface area contributed by atoms with E-state index in [0.29, 0.717) is 17.9 Å². The number of terminal acetylenes is 1. The molecule has 1 unspecified atom stereocenters. The van der Waals surface area contributed by atoms with Gasteiger partial charge in [-0.05, 0) is 41.5 Å². The summed E-state index contributed by atoms with van der Waals surface area (Å²) in [5, 5.41) is 28.5. The SMILES string of the molecule is C#CCNC(=O)CN1N=C(/C=C/c2ccc(O)c(OC)c2)CC1/C=C/c1ccc(O)c(OC)c1. The van der Waals surface area contributed by atoms with Crippen molar-refractivity contribution in [3.05, 3.63) is 59.7 Å². The quantitative estimate of drug-likeness (QED) is 0.496. The lowest BCUT2D eigenvalue weighted by atomic mass is 10.1. The van der Waals surface area contributed by atoms with Crippen LogP contribution in [0.2, 0.25) is 0 Å². The first kappa shape index (κ1) is 24.3. The van der Waals surface area contributed by atoms with Crippen molar-refractivity contribution in [1.82, 2.24) is 10.3 Å². The summed E-state index contributed by atoms with van der Waals surface area (Å²) in [4.78, 5) is 12.2. The van der Waals surface area contributed by atoms with E-state index in [-0.39, 0.29) is 36.5 Å². The Bertz CT molecular complexity index is 1160. The summed E-state index contributed by atoms with van der Waals surface area (Å²) in [5.74, 6) is 3.05. The molecule has 3 N–H and O–H groups in total. The van der Waals surface area contributed by atoms with E-state index in [1.807, 2.05) is 24.3 Å². The van der Waals surface area contributed by atoms with Gasteiger partial charge in [0.2, 0.25) is 5.91 Å². The molecule has 1 heterocycles. The van der Waals surface area contributed by atoms with Crippen molar-refractivity contribution in [2.75, 3.05) is 27.3 Å². The monoisotopic (exact) mass is 461 g/mol. The van der Waals surface area contributed by atoms with Gasteiger partial charge in [-0.1, -0.05) is 36.3 Å². The summed E-state index contributed by atoms with van der Waals surface area (Å²) in [5.41, 5.74) is 2.46. The fourth-order valence-electron chi connectivity index (χ4n) is 3.38. The molecule has 0 fully saturated rings. The standard InChI is InChI=1S/C26H27N3O5/c1-4-13-27-26(32)17-29-21(10-6-19-8-12-23(31)25(15-19)34-3)16-20(28-29)9-5-18-7-11-22(30)24(14-18)33-2/h1,5-12,14-15,21,30-31H,13,16-17H2,2-3H3,(H,27,32)/b9-5+,10-6+. The molecule has 1 aliphatic rings. The Balaban J connectivity index is 1.78. The number of hydrogen-bond donors (Lipinski definition) is 3. The molecule has 1 aliphatic heterocycles. The van der Waals surface area contributed by atoms with Crippen LogP contribution >= 0.6 is 0 Å². The average molecular weight is 462 g/mol. The van der Waals surface area contributed by atoms with E-state index in [1.54, 1.807) is 41.4 Å². The van der Waals surface area contributed by atoms with Gasteiger partial charge in [-0.3, -0.25) is 9.80 Å². The number of aromatic hydroxyl groups is 2. The third-order valence-corrected chi connectivity index (χ3v) is 5.14.